The van der Waals surface area contributed by atoms with Crippen LogP contribution in [0.25, 0.3) is 0 Å². The lowest BCUT2D eigenvalue weighted by molar-refractivity contribution is 0.218. The minimum atomic E-state index is -4.85. The average Bonchev–Trinajstić information content (AvgIpc) is 1.96. The minimum Gasteiger partial charge on any atom is -0.445 e. The summed E-state index contributed by atoms with van der Waals surface area (Å²) in [5.74, 6) is 0.522. The van der Waals surface area contributed by atoms with Crippen LogP contribution in [0, 0.1) is 0 Å². The van der Waals surface area contributed by atoms with Crippen LogP contribution in [0.5, 0.6) is 0 Å². The zero-order valence-electron chi connectivity index (χ0n) is 6.86. The molecule has 0 aliphatic heterocycles. The van der Waals surface area contributed by atoms with E-state index in [1.165, 1.54) is 18.9 Å². The van der Waals surface area contributed by atoms with Crippen LogP contribution in [-0.2, 0) is 4.74 Å². The highest BCUT2D eigenvalue weighted by molar-refractivity contribution is 7.99. The van der Waals surface area contributed by atoms with E-state index in [-0.39, 0.29) is 5.75 Å². The molecule has 0 N–H and O–H groups in total. The van der Waals surface area contributed by atoms with Crippen molar-refractivity contribution in [3.63, 3.8) is 0 Å². The summed E-state index contributed by atoms with van der Waals surface area (Å²) in [6, 6.07) is 0. The summed E-state index contributed by atoms with van der Waals surface area (Å²) in [5.41, 5.74) is -0.629. The molecular formula is C6H11BF3OS-. The zero-order valence-corrected chi connectivity index (χ0v) is 7.67. The number of thioether (sulfide) groups is 1. The lowest BCUT2D eigenvalue weighted by Gasteiger charge is -2.16. The van der Waals surface area contributed by atoms with Crippen molar-refractivity contribution in [1.29, 1.82) is 0 Å². The van der Waals surface area contributed by atoms with Crippen LogP contribution in [0.3, 0.4) is 0 Å². The van der Waals surface area contributed by atoms with E-state index in [1.807, 2.05) is 0 Å². The molecule has 0 atom stereocenters. The second kappa shape index (κ2) is 5.53. The summed E-state index contributed by atoms with van der Waals surface area (Å²) in [4.78, 5) is 0. The normalized spacial score (nSPS) is 11.7. The Bertz CT molecular complexity index is 148. The Hall–Kier alpha value is -0.0951. The third kappa shape index (κ3) is 5.54. The Labute approximate surface area is 74.4 Å². The molecule has 0 heterocycles. The summed E-state index contributed by atoms with van der Waals surface area (Å²) < 4.78 is 40.3. The van der Waals surface area contributed by atoms with Gasteiger partial charge in [-0.2, -0.15) is 11.8 Å². The molecule has 0 bridgehead atoms. The number of rotatable bonds is 6. The van der Waals surface area contributed by atoms with Gasteiger partial charge in [0.25, 0.3) is 0 Å². The van der Waals surface area contributed by atoms with E-state index in [9.17, 15) is 12.9 Å². The molecule has 0 amide bonds. The van der Waals surface area contributed by atoms with Gasteiger partial charge < -0.3 is 17.7 Å². The molecule has 12 heavy (non-hydrogen) atoms. The fourth-order valence-corrected chi connectivity index (χ4v) is 1.32. The molecule has 0 spiro atoms. The van der Waals surface area contributed by atoms with Gasteiger partial charge in [-0.3, -0.25) is 0 Å². The van der Waals surface area contributed by atoms with Crippen molar-refractivity contribution in [3.8, 4) is 0 Å². The van der Waals surface area contributed by atoms with Crippen molar-refractivity contribution in [3.05, 3.63) is 12.1 Å². The lowest BCUT2D eigenvalue weighted by Crippen LogP contribution is -2.20. The fraction of sp³-hybridized carbons (Fsp3) is 0.667. The first-order chi connectivity index (χ1) is 5.48. The molecule has 0 aliphatic rings. The maximum absolute atomic E-state index is 11.9. The van der Waals surface area contributed by atoms with Gasteiger partial charge in [-0.05, 0) is 5.75 Å². The zero-order chi connectivity index (χ0) is 9.61. The van der Waals surface area contributed by atoms with Crippen molar-refractivity contribution < 1.29 is 17.7 Å². The molecule has 0 aliphatic carbocycles. The van der Waals surface area contributed by atoms with Crippen LogP contribution in [0.4, 0.5) is 12.9 Å². The maximum Gasteiger partial charge on any atom is 0.505 e. The number of methoxy groups -OCH3 is 1. The summed E-state index contributed by atoms with van der Waals surface area (Å²) in [5, 5.41) is 0. The molecule has 0 aromatic heterocycles. The van der Waals surface area contributed by atoms with Crippen LogP contribution >= 0.6 is 11.8 Å². The fourth-order valence-electron chi connectivity index (χ4n) is 0.440. The first-order valence-electron chi connectivity index (χ1n) is 3.42. The van der Waals surface area contributed by atoms with E-state index < -0.39 is 12.4 Å². The van der Waals surface area contributed by atoms with E-state index in [0.717, 1.165) is 0 Å². The molecule has 0 aromatic carbocycles. The van der Waals surface area contributed by atoms with Crippen LogP contribution < -0.4 is 0 Å². The van der Waals surface area contributed by atoms with Crippen molar-refractivity contribution in [2.24, 2.45) is 0 Å². The predicted molar refractivity (Wildman–Crippen MR) is 47.4 cm³/mol. The van der Waals surface area contributed by atoms with Gasteiger partial charge in [-0.1, -0.05) is 0 Å². The van der Waals surface area contributed by atoms with E-state index in [0.29, 0.717) is 12.4 Å². The first kappa shape index (κ1) is 11.9. The van der Waals surface area contributed by atoms with Gasteiger partial charge >= 0.3 is 6.98 Å². The van der Waals surface area contributed by atoms with Gasteiger partial charge in [-0.15, -0.1) is 12.1 Å². The summed E-state index contributed by atoms with van der Waals surface area (Å²) >= 11 is 1.18. The molecule has 0 radical (unpaired) electrons. The molecule has 0 saturated heterocycles. The summed E-state index contributed by atoms with van der Waals surface area (Å²) in [6.45, 7) is -1.41. The van der Waals surface area contributed by atoms with Gasteiger partial charge in [0.2, 0.25) is 0 Å². The lowest BCUT2D eigenvalue weighted by atomic mass is 9.82. The van der Waals surface area contributed by atoms with Crippen molar-refractivity contribution in [2.45, 2.75) is 0 Å². The van der Waals surface area contributed by atoms with Crippen molar-refractivity contribution in [1.82, 2.24) is 0 Å². The van der Waals surface area contributed by atoms with Gasteiger partial charge in [0, 0.05) is 12.9 Å². The highest BCUT2D eigenvalue weighted by atomic mass is 32.2. The number of ether oxygens (including phenoxy) is 1. The summed E-state index contributed by atoms with van der Waals surface area (Å²) in [7, 11) is 1.52. The van der Waals surface area contributed by atoms with Crippen LogP contribution in [-0.4, -0.2) is 32.2 Å². The highest BCUT2D eigenvalue weighted by Gasteiger charge is 2.25. The predicted octanol–water partition coefficient (Wildman–Crippen LogP) is 2.31. The first-order valence-corrected chi connectivity index (χ1v) is 4.58. The Balaban J connectivity index is 3.45. The Morgan fingerprint density at radius 3 is 2.50 bits per heavy atom. The second-order valence-electron chi connectivity index (χ2n) is 2.28. The topological polar surface area (TPSA) is 9.23 Å². The van der Waals surface area contributed by atoms with Gasteiger partial charge in [-0.25, -0.2) is 0 Å². The van der Waals surface area contributed by atoms with Gasteiger partial charge in [0.15, 0.2) is 0 Å². The van der Waals surface area contributed by atoms with Gasteiger partial charge in [0.1, 0.15) is 0 Å². The van der Waals surface area contributed by atoms with E-state index in [4.69, 9.17) is 0 Å². The van der Waals surface area contributed by atoms with E-state index in [2.05, 4.69) is 11.3 Å². The Kier molecular flexibility index (Phi) is 5.49. The van der Waals surface area contributed by atoms with E-state index in [1.54, 1.807) is 0 Å². The molecule has 0 saturated carbocycles. The quantitative estimate of drug-likeness (QED) is 0.479. The van der Waals surface area contributed by atoms with Crippen molar-refractivity contribution in [2.75, 3.05) is 25.2 Å². The maximum atomic E-state index is 11.9. The van der Waals surface area contributed by atoms with Gasteiger partial charge in [0.05, 0.1) is 6.61 Å². The van der Waals surface area contributed by atoms with Crippen LogP contribution in [0.1, 0.15) is 0 Å². The molecule has 0 fully saturated rings. The summed E-state index contributed by atoms with van der Waals surface area (Å²) in [6.07, 6.45) is 0. The molecule has 0 rings (SSSR count). The SMILES string of the molecule is C=C(CSCCOC)[B-](F)(F)F. The number of hydrogen-bond acceptors (Lipinski definition) is 2. The highest BCUT2D eigenvalue weighted by Crippen LogP contribution is 2.21. The van der Waals surface area contributed by atoms with Crippen molar-refractivity contribution >= 4 is 18.7 Å². The Morgan fingerprint density at radius 2 is 2.08 bits per heavy atom. The average molecular weight is 199 g/mol. The third-order valence-corrected chi connectivity index (χ3v) is 2.21. The second-order valence-corrected chi connectivity index (χ2v) is 3.38. The van der Waals surface area contributed by atoms with Crippen LogP contribution in [0.2, 0.25) is 0 Å². The molecule has 1 nitrogen and oxygen atoms in total. The molecule has 6 heteroatoms. The van der Waals surface area contributed by atoms with Crippen LogP contribution in [0.15, 0.2) is 12.1 Å². The molecule has 0 unspecified atom stereocenters. The Morgan fingerprint density at radius 1 is 1.50 bits per heavy atom. The molecular weight excluding hydrogens is 188 g/mol. The number of halogens is 3. The smallest absolute Gasteiger partial charge is 0.445 e. The standard InChI is InChI=1S/C6H11BF3OS/c1-6(7(8,9)10)5-12-4-3-11-2/h1,3-5H2,2H3/q-1. The molecule has 0 aromatic rings. The van der Waals surface area contributed by atoms with E-state index >= 15 is 0 Å². The third-order valence-electron chi connectivity index (χ3n) is 1.18. The number of hydrogen-bond donors (Lipinski definition) is 0. The molecule has 72 valence electrons. The minimum absolute atomic E-state index is 0.0488. The monoisotopic (exact) mass is 199 g/mol. The largest absolute Gasteiger partial charge is 0.505 e.